The van der Waals surface area contributed by atoms with Gasteiger partial charge in [0.2, 0.25) is 11.1 Å². The van der Waals surface area contributed by atoms with Gasteiger partial charge in [-0.3, -0.25) is 9.78 Å². The highest BCUT2D eigenvalue weighted by molar-refractivity contribution is 7.98. The number of fused-ring (bicyclic) bond motifs is 1. The van der Waals surface area contributed by atoms with Gasteiger partial charge in [-0.2, -0.15) is 4.98 Å². The molecule has 1 atom stereocenters. The van der Waals surface area contributed by atoms with Crippen molar-refractivity contribution in [1.82, 2.24) is 19.7 Å². The summed E-state index contributed by atoms with van der Waals surface area (Å²) in [4.78, 5) is 21.8. The van der Waals surface area contributed by atoms with Crippen molar-refractivity contribution in [3.8, 4) is 0 Å². The number of carbonyl (C=O) groups is 1. The maximum Gasteiger partial charge on any atom is 0.255 e. The fourth-order valence-corrected chi connectivity index (χ4v) is 3.44. The van der Waals surface area contributed by atoms with E-state index in [1.807, 2.05) is 25.3 Å². The number of hydrogen-bond acceptors (Lipinski definition) is 6. The van der Waals surface area contributed by atoms with Crippen LogP contribution in [-0.4, -0.2) is 31.9 Å². The summed E-state index contributed by atoms with van der Waals surface area (Å²) in [5, 5.41) is 11.1. The first-order chi connectivity index (χ1) is 13.6. The Hall–Kier alpha value is -3.20. The van der Waals surface area contributed by atoms with Crippen LogP contribution < -0.4 is 10.6 Å². The molecule has 1 aromatic carbocycles. The van der Waals surface area contributed by atoms with Crippen molar-refractivity contribution in [1.29, 1.82) is 0 Å². The smallest absolute Gasteiger partial charge is 0.255 e. The molecule has 2 aromatic heterocycles. The third-order valence-electron chi connectivity index (χ3n) is 4.36. The molecule has 0 saturated carbocycles. The van der Waals surface area contributed by atoms with E-state index in [1.165, 1.54) is 36.0 Å². The zero-order chi connectivity index (χ0) is 19.7. The normalized spacial score (nSPS) is 15.8. The molecule has 0 unspecified atom stereocenters. The van der Waals surface area contributed by atoms with Crippen molar-refractivity contribution >= 4 is 29.3 Å². The summed E-state index contributed by atoms with van der Waals surface area (Å²) in [6.45, 7) is 1.82. The zero-order valence-electron chi connectivity index (χ0n) is 15.2. The number of carbonyl (C=O) groups excluding carboxylic acids is 1. The molecule has 1 aliphatic heterocycles. The predicted molar refractivity (Wildman–Crippen MR) is 106 cm³/mol. The Bertz CT molecular complexity index is 1050. The maximum absolute atomic E-state index is 13.2. The van der Waals surface area contributed by atoms with E-state index in [2.05, 4.69) is 25.7 Å². The molecule has 142 valence electrons. The molecule has 9 heteroatoms. The zero-order valence-corrected chi connectivity index (χ0v) is 16.0. The molecule has 1 aliphatic rings. The standard InChI is InChI=1S/C19H17FN6OS/c1-11-15(17(27)23-14-7-5-13(20)6-8-14)16(12-4-3-9-21-10-12)26-18(22-11)24-19(25-26)28-2/h3-10,16H,1-2H3,(H,23,27)(H,22,24,25)/t16-/m1/s1. The topological polar surface area (TPSA) is 84.7 Å². The number of benzene rings is 1. The van der Waals surface area contributed by atoms with Gasteiger partial charge >= 0.3 is 0 Å². The fraction of sp³-hybridized carbons (Fsp3) is 0.158. The van der Waals surface area contributed by atoms with Gasteiger partial charge < -0.3 is 10.6 Å². The summed E-state index contributed by atoms with van der Waals surface area (Å²) in [7, 11) is 0. The lowest BCUT2D eigenvalue weighted by molar-refractivity contribution is -0.113. The van der Waals surface area contributed by atoms with Crippen molar-refractivity contribution in [2.24, 2.45) is 0 Å². The van der Waals surface area contributed by atoms with Crippen LogP contribution in [-0.2, 0) is 4.79 Å². The Balaban J connectivity index is 1.76. The minimum Gasteiger partial charge on any atom is -0.328 e. The average Bonchev–Trinajstić information content (AvgIpc) is 3.12. The number of nitrogens with zero attached hydrogens (tertiary/aromatic N) is 4. The summed E-state index contributed by atoms with van der Waals surface area (Å²) in [6.07, 6.45) is 5.27. The van der Waals surface area contributed by atoms with Crippen LogP contribution in [0.5, 0.6) is 0 Å². The first-order valence-corrected chi connectivity index (χ1v) is 9.74. The molecule has 28 heavy (non-hydrogen) atoms. The third-order valence-corrected chi connectivity index (χ3v) is 4.90. The molecule has 0 fully saturated rings. The molecule has 0 saturated heterocycles. The largest absolute Gasteiger partial charge is 0.328 e. The lowest BCUT2D eigenvalue weighted by Gasteiger charge is -2.28. The highest BCUT2D eigenvalue weighted by atomic mass is 32.2. The van der Waals surface area contributed by atoms with Gasteiger partial charge in [-0.05, 0) is 49.1 Å². The van der Waals surface area contributed by atoms with E-state index < -0.39 is 6.04 Å². The molecule has 2 N–H and O–H groups in total. The highest BCUT2D eigenvalue weighted by Crippen LogP contribution is 2.36. The molecule has 3 heterocycles. The van der Waals surface area contributed by atoms with Crippen molar-refractivity contribution < 1.29 is 9.18 Å². The summed E-state index contributed by atoms with van der Waals surface area (Å²) in [5.74, 6) is -0.107. The van der Waals surface area contributed by atoms with E-state index in [9.17, 15) is 9.18 Å². The Morgan fingerprint density at radius 1 is 1.29 bits per heavy atom. The molecular weight excluding hydrogens is 379 g/mol. The molecule has 1 amide bonds. The fourth-order valence-electron chi connectivity index (χ4n) is 3.09. The number of allylic oxidation sites excluding steroid dienone is 1. The minimum atomic E-state index is -0.487. The number of anilines is 2. The number of rotatable bonds is 4. The first kappa shape index (κ1) is 18.2. The maximum atomic E-state index is 13.2. The molecular formula is C19H17FN6OS. The third kappa shape index (κ3) is 3.36. The quantitative estimate of drug-likeness (QED) is 0.657. The van der Waals surface area contributed by atoms with Gasteiger partial charge in [-0.25, -0.2) is 9.07 Å². The number of hydrogen-bond donors (Lipinski definition) is 2. The number of pyridine rings is 1. The predicted octanol–water partition coefficient (Wildman–Crippen LogP) is 3.46. The van der Waals surface area contributed by atoms with Crippen molar-refractivity contribution in [2.45, 2.75) is 18.1 Å². The van der Waals surface area contributed by atoms with Gasteiger partial charge in [0.25, 0.3) is 5.91 Å². The number of thioether (sulfide) groups is 1. The van der Waals surface area contributed by atoms with Crippen molar-refractivity contribution in [2.75, 3.05) is 16.9 Å². The molecule has 0 spiro atoms. The van der Waals surface area contributed by atoms with Gasteiger partial charge in [-0.1, -0.05) is 17.8 Å². The monoisotopic (exact) mass is 396 g/mol. The Labute approximate surface area is 165 Å². The van der Waals surface area contributed by atoms with Crippen LogP contribution in [0.3, 0.4) is 0 Å². The molecule has 3 aromatic rings. The van der Waals surface area contributed by atoms with E-state index in [0.29, 0.717) is 28.1 Å². The van der Waals surface area contributed by atoms with Crippen molar-refractivity contribution in [3.63, 3.8) is 0 Å². The van der Waals surface area contributed by atoms with Crippen LogP contribution in [0.2, 0.25) is 0 Å². The minimum absolute atomic E-state index is 0.308. The van der Waals surface area contributed by atoms with Crippen LogP contribution in [0.15, 0.2) is 65.2 Å². The number of amides is 1. The van der Waals surface area contributed by atoms with E-state index in [4.69, 9.17) is 0 Å². The number of aromatic nitrogens is 4. The van der Waals surface area contributed by atoms with Crippen molar-refractivity contribution in [3.05, 3.63) is 71.4 Å². The van der Waals surface area contributed by atoms with E-state index in [1.54, 1.807) is 17.1 Å². The van der Waals surface area contributed by atoms with E-state index in [0.717, 1.165) is 5.56 Å². The molecule has 0 radical (unpaired) electrons. The van der Waals surface area contributed by atoms with Gasteiger partial charge in [0.15, 0.2) is 0 Å². The lowest BCUT2D eigenvalue weighted by atomic mass is 9.96. The van der Waals surface area contributed by atoms with Gasteiger partial charge in [0.1, 0.15) is 11.9 Å². The van der Waals surface area contributed by atoms with Crippen LogP contribution >= 0.6 is 11.8 Å². The summed E-state index contributed by atoms with van der Waals surface area (Å²) in [5.41, 5.74) is 2.47. The second kappa shape index (κ2) is 7.43. The van der Waals surface area contributed by atoms with E-state index >= 15 is 0 Å². The highest BCUT2D eigenvalue weighted by Gasteiger charge is 2.34. The molecule has 0 aliphatic carbocycles. The molecule has 0 bridgehead atoms. The molecule has 4 rings (SSSR count). The Morgan fingerprint density at radius 3 is 2.75 bits per heavy atom. The average molecular weight is 396 g/mol. The number of nitrogens with one attached hydrogen (secondary N) is 2. The first-order valence-electron chi connectivity index (χ1n) is 8.52. The SMILES string of the molecule is CSc1nc2n(n1)[C@H](c1cccnc1)C(C(=O)Nc1ccc(F)cc1)=C(C)N2. The van der Waals surface area contributed by atoms with Crippen LogP contribution in [0, 0.1) is 5.82 Å². The Morgan fingerprint density at radius 2 is 2.07 bits per heavy atom. The lowest BCUT2D eigenvalue weighted by Crippen LogP contribution is -2.31. The van der Waals surface area contributed by atoms with Crippen LogP contribution in [0.1, 0.15) is 18.5 Å². The second-order valence-electron chi connectivity index (χ2n) is 6.18. The summed E-state index contributed by atoms with van der Waals surface area (Å²) in [6, 6.07) is 8.86. The second-order valence-corrected chi connectivity index (χ2v) is 6.95. The number of halogens is 1. The van der Waals surface area contributed by atoms with Gasteiger partial charge in [0, 0.05) is 23.8 Å². The van der Waals surface area contributed by atoms with Gasteiger partial charge in [-0.15, -0.1) is 5.10 Å². The Kier molecular flexibility index (Phi) is 4.82. The van der Waals surface area contributed by atoms with Gasteiger partial charge in [0.05, 0.1) is 5.57 Å². The summed E-state index contributed by atoms with van der Waals surface area (Å²) >= 11 is 1.42. The van der Waals surface area contributed by atoms with Crippen LogP contribution in [0.4, 0.5) is 16.0 Å². The summed E-state index contributed by atoms with van der Waals surface area (Å²) < 4.78 is 14.9. The van der Waals surface area contributed by atoms with E-state index in [-0.39, 0.29) is 11.7 Å². The van der Waals surface area contributed by atoms with Crippen LogP contribution in [0.25, 0.3) is 0 Å². The molecule has 7 nitrogen and oxygen atoms in total.